The largest absolute Gasteiger partial charge is 0.238 e. The highest BCUT2D eigenvalue weighted by Gasteiger charge is 2.04. The van der Waals surface area contributed by atoms with Crippen molar-refractivity contribution in [3.05, 3.63) is 51.1 Å². The van der Waals surface area contributed by atoms with Crippen molar-refractivity contribution in [3.8, 4) is 5.69 Å². The molecule has 0 bridgehead atoms. The van der Waals surface area contributed by atoms with Crippen LogP contribution in [0.15, 0.2) is 35.7 Å². The minimum absolute atomic E-state index is 0.435. The van der Waals surface area contributed by atoms with Gasteiger partial charge in [0.2, 0.25) is 0 Å². The third-order valence-electron chi connectivity index (χ3n) is 1.89. The first-order chi connectivity index (χ1) is 7.70. The van der Waals surface area contributed by atoms with E-state index in [0.717, 1.165) is 0 Å². The highest BCUT2D eigenvalue weighted by molar-refractivity contribution is 6.32. The van der Waals surface area contributed by atoms with E-state index in [0.29, 0.717) is 21.4 Å². The molecule has 0 N–H and O–H groups in total. The Kier molecular flexibility index (Phi) is 3.01. The number of nitrogens with zero attached hydrogens (tertiary/aromatic N) is 5. The summed E-state index contributed by atoms with van der Waals surface area (Å²) >= 11 is 11.8. The van der Waals surface area contributed by atoms with Gasteiger partial charge in [0.25, 0.3) is 0 Å². The quantitative estimate of drug-likeness (QED) is 0.451. The molecule has 0 aliphatic heterocycles. The van der Waals surface area contributed by atoms with Gasteiger partial charge in [-0.1, -0.05) is 34.4 Å². The van der Waals surface area contributed by atoms with Gasteiger partial charge in [0, 0.05) is 16.8 Å². The predicted octanol–water partition coefficient (Wildman–Crippen LogP) is 4.12. The molecular formula is C9H5Cl2N5. The lowest BCUT2D eigenvalue weighted by Gasteiger charge is -2.04. The van der Waals surface area contributed by atoms with Crippen LogP contribution < -0.4 is 0 Å². The van der Waals surface area contributed by atoms with Crippen molar-refractivity contribution in [1.82, 2.24) is 9.78 Å². The van der Waals surface area contributed by atoms with E-state index in [1.54, 1.807) is 29.1 Å². The molecule has 1 heterocycles. The number of aromatic nitrogens is 2. The van der Waals surface area contributed by atoms with E-state index >= 15 is 0 Å². The molecular weight excluding hydrogens is 249 g/mol. The molecule has 0 fully saturated rings. The van der Waals surface area contributed by atoms with Gasteiger partial charge in [0.15, 0.2) is 0 Å². The molecule has 0 saturated heterocycles. The topological polar surface area (TPSA) is 66.6 Å². The van der Waals surface area contributed by atoms with Gasteiger partial charge in [0.1, 0.15) is 0 Å². The van der Waals surface area contributed by atoms with E-state index in [1.165, 1.54) is 6.20 Å². The zero-order valence-electron chi connectivity index (χ0n) is 7.88. The third kappa shape index (κ3) is 2.12. The number of hydrogen-bond donors (Lipinski definition) is 0. The lowest BCUT2D eigenvalue weighted by molar-refractivity contribution is 0.881. The van der Waals surface area contributed by atoms with Crippen molar-refractivity contribution in [2.45, 2.75) is 0 Å². The van der Waals surface area contributed by atoms with Crippen LogP contribution in [0.3, 0.4) is 0 Å². The van der Waals surface area contributed by atoms with Crippen molar-refractivity contribution in [2.75, 3.05) is 0 Å². The number of benzene rings is 1. The normalized spacial score (nSPS) is 9.88. The molecule has 0 unspecified atom stereocenters. The summed E-state index contributed by atoms with van der Waals surface area (Å²) in [5.74, 6) is 0. The summed E-state index contributed by atoms with van der Waals surface area (Å²) in [5.41, 5.74) is 9.41. The van der Waals surface area contributed by atoms with Crippen LogP contribution in [0, 0.1) is 0 Å². The Morgan fingerprint density at radius 1 is 1.38 bits per heavy atom. The van der Waals surface area contributed by atoms with E-state index in [1.807, 2.05) is 0 Å². The van der Waals surface area contributed by atoms with Crippen LogP contribution in [-0.4, -0.2) is 9.78 Å². The van der Waals surface area contributed by atoms with Crippen LogP contribution in [-0.2, 0) is 0 Å². The van der Waals surface area contributed by atoms with E-state index in [4.69, 9.17) is 28.7 Å². The Balaban J connectivity index is 2.47. The molecule has 0 spiro atoms. The maximum Gasteiger partial charge on any atom is 0.0832 e. The summed E-state index contributed by atoms with van der Waals surface area (Å²) in [5, 5.41) is 8.43. The number of hydrogen-bond acceptors (Lipinski definition) is 2. The summed E-state index contributed by atoms with van der Waals surface area (Å²) in [6.45, 7) is 0. The van der Waals surface area contributed by atoms with E-state index in [2.05, 4.69) is 15.1 Å². The van der Waals surface area contributed by atoms with Crippen LogP contribution in [0.25, 0.3) is 16.1 Å². The van der Waals surface area contributed by atoms with Crippen molar-refractivity contribution >= 4 is 28.9 Å². The Labute approximate surface area is 101 Å². The molecule has 5 nitrogen and oxygen atoms in total. The second-order valence-electron chi connectivity index (χ2n) is 2.93. The van der Waals surface area contributed by atoms with Crippen molar-refractivity contribution in [2.24, 2.45) is 5.11 Å². The average molecular weight is 254 g/mol. The minimum atomic E-state index is 0.435. The van der Waals surface area contributed by atoms with Gasteiger partial charge in [-0.15, -0.1) is 0 Å². The summed E-state index contributed by atoms with van der Waals surface area (Å²) in [7, 11) is 0. The summed E-state index contributed by atoms with van der Waals surface area (Å²) in [6, 6.07) is 4.92. The summed E-state index contributed by atoms with van der Waals surface area (Å²) in [4.78, 5) is 2.68. The van der Waals surface area contributed by atoms with Crippen LogP contribution >= 0.6 is 23.2 Å². The van der Waals surface area contributed by atoms with Gasteiger partial charge >= 0.3 is 0 Å². The second-order valence-corrected chi connectivity index (χ2v) is 3.77. The summed E-state index contributed by atoms with van der Waals surface area (Å²) < 4.78 is 1.55. The molecule has 1 aromatic carbocycles. The van der Waals surface area contributed by atoms with Crippen LogP contribution in [0.5, 0.6) is 0 Å². The van der Waals surface area contributed by atoms with Gasteiger partial charge in [-0.05, 0) is 17.7 Å². The smallest absolute Gasteiger partial charge is 0.0832 e. The fourth-order valence-corrected chi connectivity index (χ4v) is 1.63. The zero-order valence-corrected chi connectivity index (χ0v) is 9.39. The first kappa shape index (κ1) is 10.8. The number of halogens is 2. The molecule has 0 atom stereocenters. The van der Waals surface area contributed by atoms with Gasteiger partial charge < -0.3 is 0 Å². The van der Waals surface area contributed by atoms with Crippen molar-refractivity contribution < 1.29 is 0 Å². The highest BCUT2D eigenvalue weighted by Crippen LogP contribution is 2.26. The zero-order chi connectivity index (χ0) is 11.5. The molecule has 80 valence electrons. The van der Waals surface area contributed by atoms with E-state index in [9.17, 15) is 0 Å². The molecule has 0 saturated carbocycles. The predicted molar refractivity (Wildman–Crippen MR) is 62.4 cm³/mol. The second kappa shape index (κ2) is 4.45. The molecule has 2 aromatic rings. The number of azide groups is 1. The molecule has 0 aliphatic carbocycles. The van der Waals surface area contributed by atoms with Crippen molar-refractivity contribution in [3.63, 3.8) is 0 Å². The fourth-order valence-electron chi connectivity index (χ4n) is 1.23. The molecule has 16 heavy (non-hydrogen) atoms. The Morgan fingerprint density at radius 2 is 2.19 bits per heavy atom. The van der Waals surface area contributed by atoms with Crippen LogP contribution in [0.4, 0.5) is 5.69 Å². The monoisotopic (exact) mass is 253 g/mol. The lowest BCUT2D eigenvalue weighted by Crippen LogP contribution is -1.94. The summed E-state index contributed by atoms with van der Waals surface area (Å²) in [6.07, 6.45) is 3.15. The van der Waals surface area contributed by atoms with E-state index in [-0.39, 0.29) is 0 Å². The maximum absolute atomic E-state index is 8.28. The maximum atomic E-state index is 8.28. The molecule has 2 rings (SSSR count). The average Bonchev–Trinajstić information content (AvgIpc) is 2.65. The Morgan fingerprint density at radius 3 is 2.75 bits per heavy atom. The van der Waals surface area contributed by atoms with Crippen LogP contribution in [0.2, 0.25) is 10.0 Å². The first-order valence-electron chi connectivity index (χ1n) is 4.26. The molecule has 0 aliphatic rings. The first-order valence-corrected chi connectivity index (χ1v) is 5.01. The van der Waals surface area contributed by atoms with Gasteiger partial charge in [-0.2, -0.15) is 5.10 Å². The third-order valence-corrected chi connectivity index (χ3v) is 2.39. The SMILES string of the molecule is [N-]=[N+]=Nc1ccc(-n2cc(Cl)cn2)c(Cl)c1. The van der Waals surface area contributed by atoms with Gasteiger partial charge in [-0.3, -0.25) is 0 Å². The highest BCUT2D eigenvalue weighted by atomic mass is 35.5. The Hall–Kier alpha value is -1.68. The van der Waals surface area contributed by atoms with Gasteiger partial charge in [-0.25, -0.2) is 4.68 Å². The van der Waals surface area contributed by atoms with Crippen LogP contribution in [0.1, 0.15) is 0 Å². The molecule has 0 radical (unpaired) electrons. The molecule has 1 aromatic heterocycles. The standard InChI is InChI=1S/C9H5Cl2N5/c10-6-4-13-16(5-6)9-2-1-7(14-15-12)3-8(9)11/h1-5H. The molecule has 7 heteroatoms. The van der Waals surface area contributed by atoms with Crippen molar-refractivity contribution in [1.29, 1.82) is 0 Å². The minimum Gasteiger partial charge on any atom is -0.238 e. The van der Waals surface area contributed by atoms with E-state index < -0.39 is 0 Å². The van der Waals surface area contributed by atoms with Gasteiger partial charge in [0.05, 0.1) is 21.9 Å². The molecule has 0 amide bonds. The number of rotatable bonds is 2. The lowest BCUT2D eigenvalue weighted by atomic mass is 10.3. The Bertz CT molecular complexity index is 571. The fraction of sp³-hybridized carbons (Fsp3) is 0.